The third-order valence-corrected chi connectivity index (χ3v) is 3.24. The predicted octanol–water partition coefficient (Wildman–Crippen LogP) is 2.81. The van der Waals surface area contributed by atoms with Crippen LogP contribution < -0.4 is 0 Å². The van der Waals surface area contributed by atoms with Crippen molar-refractivity contribution in [3.05, 3.63) is 81.0 Å². The maximum Gasteiger partial charge on any atom is 0.363 e. The van der Waals surface area contributed by atoms with Gasteiger partial charge in [0, 0.05) is 17.7 Å². The van der Waals surface area contributed by atoms with Gasteiger partial charge in [0.2, 0.25) is 5.90 Å². The van der Waals surface area contributed by atoms with Crippen molar-refractivity contribution in [3.63, 3.8) is 0 Å². The highest BCUT2D eigenvalue weighted by Gasteiger charge is 2.25. The van der Waals surface area contributed by atoms with Crippen molar-refractivity contribution in [2.75, 3.05) is 0 Å². The molecule has 7 nitrogen and oxygen atoms in total. The maximum atomic E-state index is 11.9. The number of hydrogen-bond acceptors (Lipinski definition) is 6. The van der Waals surface area contributed by atoms with Crippen molar-refractivity contribution >= 4 is 23.6 Å². The number of carbonyl (C=O) groups is 1. The zero-order valence-electron chi connectivity index (χ0n) is 12.2. The normalized spacial score (nSPS) is 14.9. The zero-order valence-corrected chi connectivity index (χ0v) is 12.2. The number of nitro groups is 1. The molecule has 1 aliphatic rings. The van der Waals surface area contributed by atoms with E-state index >= 15 is 0 Å². The standard InChI is InChI=1S/C17H9N3O4/c18-10-12-4-1-3-11(7-12)8-15-17(21)24-16(19-15)13-5-2-6-14(9-13)20(22)23/h1-9H/b15-8+. The molecule has 0 spiro atoms. The summed E-state index contributed by atoms with van der Waals surface area (Å²) >= 11 is 0. The van der Waals surface area contributed by atoms with Crippen LogP contribution in [0.3, 0.4) is 0 Å². The highest BCUT2D eigenvalue weighted by atomic mass is 16.6. The van der Waals surface area contributed by atoms with Gasteiger partial charge in [-0.25, -0.2) is 9.79 Å². The summed E-state index contributed by atoms with van der Waals surface area (Å²) in [6, 6.07) is 14.4. The van der Waals surface area contributed by atoms with Gasteiger partial charge in [-0.15, -0.1) is 0 Å². The summed E-state index contributed by atoms with van der Waals surface area (Å²) in [5, 5.41) is 19.7. The first-order valence-electron chi connectivity index (χ1n) is 6.84. The van der Waals surface area contributed by atoms with Gasteiger partial charge in [-0.2, -0.15) is 5.26 Å². The molecule has 0 fully saturated rings. The summed E-state index contributed by atoms with van der Waals surface area (Å²) in [6.45, 7) is 0. The van der Waals surface area contributed by atoms with Gasteiger partial charge in [-0.3, -0.25) is 10.1 Å². The molecule has 0 N–H and O–H groups in total. The summed E-state index contributed by atoms with van der Waals surface area (Å²) in [6.07, 6.45) is 1.49. The smallest absolute Gasteiger partial charge is 0.363 e. The first kappa shape index (κ1) is 15.1. The predicted molar refractivity (Wildman–Crippen MR) is 84.9 cm³/mol. The van der Waals surface area contributed by atoms with E-state index in [1.807, 2.05) is 6.07 Å². The van der Waals surface area contributed by atoms with Crippen LogP contribution in [-0.2, 0) is 9.53 Å². The Hall–Kier alpha value is -3.79. The van der Waals surface area contributed by atoms with E-state index in [2.05, 4.69) is 4.99 Å². The number of non-ortho nitro benzene ring substituents is 1. The van der Waals surface area contributed by atoms with E-state index in [-0.39, 0.29) is 17.3 Å². The van der Waals surface area contributed by atoms with Gasteiger partial charge in [-0.05, 0) is 29.8 Å². The van der Waals surface area contributed by atoms with E-state index in [0.29, 0.717) is 16.7 Å². The van der Waals surface area contributed by atoms with Crippen LogP contribution in [0.25, 0.3) is 6.08 Å². The van der Waals surface area contributed by atoms with Crippen LogP contribution in [0.15, 0.2) is 59.2 Å². The minimum absolute atomic E-state index is 0.00591. The van der Waals surface area contributed by atoms with Crippen molar-refractivity contribution in [1.29, 1.82) is 5.26 Å². The lowest BCUT2D eigenvalue weighted by molar-refractivity contribution is -0.384. The van der Waals surface area contributed by atoms with Crippen molar-refractivity contribution in [1.82, 2.24) is 0 Å². The molecule has 7 heteroatoms. The lowest BCUT2D eigenvalue weighted by Gasteiger charge is -1.98. The van der Waals surface area contributed by atoms with Crippen LogP contribution in [-0.4, -0.2) is 16.8 Å². The molecule has 0 atom stereocenters. The summed E-state index contributed by atoms with van der Waals surface area (Å²) in [4.78, 5) is 26.3. The molecule has 1 heterocycles. The van der Waals surface area contributed by atoms with Gasteiger partial charge in [0.15, 0.2) is 5.70 Å². The van der Waals surface area contributed by atoms with Crippen molar-refractivity contribution in [2.45, 2.75) is 0 Å². The van der Waals surface area contributed by atoms with Gasteiger partial charge in [-0.1, -0.05) is 18.2 Å². The molecule has 0 radical (unpaired) electrons. The summed E-state index contributed by atoms with van der Waals surface area (Å²) in [5.41, 5.74) is 1.37. The lowest BCUT2D eigenvalue weighted by Crippen LogP contribution is -2.05. The van der Waals surface area contributed by atoms with E-state index in [4.69, 9.17) is 10.00 Å². The van der Waals surface area contributed by atoms with Crippen molar-refractivity contribution in [2.24, 2.45) is 4.99 Å². The molecule has 0 bridgehead atoms. The quantitative estimate of drug-likeness (QED) is 0.374. The molecule has 0 saturated heterocycles. The highest BCUT2D eigenvalue weighted by Crippen LogP contribution is 2.21. The Morgan fingerprint density at radius 2 is 2.00 bits per heavy atom. The molecule has 2 aromatic carbocycles. The van der Waals surface area contributed by atoms with Crippen molar-refractivity contribution in [3.8, 4) is 6.07 Å². The third kappa shape index (κ3) is 3.03. The topological polar surface area (TPSA) is 106 Å². The fourth-order valence-corrected chi connectivity index (χ4v) is 2.14. The average Bonchev–Trinajstić information content (AvgIpc) is 2.96. The van der Waals surface area contributed by atoms with E-state index < -0.39 is 10.9 Å². The number of esters is 1. The second kappa shape index (κ2) is 6.14. The average molecular weight is 319 g/mol. The fourth-order valence-electron chi connectivity index (χ4n) is 2.14. The monoisotopic (exact) mass is 319 g/mol. The number of cyclic esters (lactones) is 1. The Labute approximate surface area is 136 Å². The SMILES string of the molecule is N#Cc1cccc(/C=C2/N=C(c3cccc([N+](=O)[O-])c3)OC2=O)c1. The summed E-state index contributed by atoms with van der Waals surface area (Å²) in [5.74, 6) is -0.648. The van der Waals surface area contributed by atoms with Crippen LogP contribution in [0.4, 0.5) is 5.69 Å². The van der Waals surface area contributed by atoms with E-state index in [1.54, 1.807) is 30.3 Å². The Morgan fingerprint density at radius 1 is 1.21 bits per heavy atom. The Bertz CT molecular complexity index is 954. The second-order valence-electron chi connectivity index (χ2n) is 4.88. The van der Waals surface area contributed by atoms with Gasteiger partial charge in [0.1, 0.15) is 0 Å². The Morgan fingerprint density at radius 3 is 2.75 bits per heavy atom. The molecule has 2 aromatic rings. The first-order chi connectivity index (χ1) is 11.6. The molecule has 0 aromatic heterocycles. The number of carbonyl (C=O) groups excluding carboxylic acids is 1. The lowest BCUT2D eigenvalue weighted by atomic mass is 10.1. The van der Waals surface area contributed by atoms with Crippen LogP contribution in [0.2, 0.25) is 0 Å². The van der Waals surface area contributed by atoms with Crippen LogP contribution >= 0.6 is 0 Å². The molecule has 0 unspecified atom stereocenters. The number of hydrogen-bond donors (Lipinski definition) is 0. The minimum atomic E-state index is -0.654. The number of nitro benzene ring substituents is 1. The molecule has 0 amide bonds. The minimum Gasteiger partial charge on any atom is -0.402 e. The molecule has 1 aliphatic heterocycles. The number of ether oxygens (including phenoxy) is 1. The molecule has 3 rings (SSSR count). The molecule has 24 heavy (non-hydrogen) atoms. The van der Waals surface area contributed by atoms with E-state index in [1.165, 1.54) is 24.3 Å². The molecule has 0 saturated carbocycles. The maximum absolute atomic E-state index is 11.9. The van der Waals surface area contributed by atoms with Gasteiger partial charge < -0.3 is 4.74 Å². The molecule has 0 aliphatic carbocycles. The van der Waals surface area contributed by atoms with Crippen molar-refractivity contribution < 1.29 is 14.5 Å². The number of aliphatic imine (C=N–C) groups is 1. The molecular weight excluding hydrogens is 310 g/mol. The molecular formula is C17H9N3O4. The number of nitrogens with zero attached hydrogens (tertiary/aromatic N) is 3. The van der Waals surface area contributed by atoms with Gasteiger partial charge >= 0.3 is 5.97 Å². The summed E-state index contributed by atoms with van der Waals surface area (Å²) in [7, 11) is 0. The number of benzene rings is 2. The second-order valence-corrected chi connectivity index (χ2v) is 4.88. The van der Waals surface area contributed by atoms with Crippen LogP contribution in [0.5, 0.6) is 0 Å². The number of nitriles is 1. The number of rotatable bonds is 3. The first-order valence-corrected chi connectivity index (χ1v) is 6.84. The van der Waals surface area contributed by atoms with Gasteiger partial charge in [0.05, 0.1) is 16.6 Å². The fraction of sp³-hybridized carbons (Fsp3) is 0. The highest BCUT2D eigenvalue weighted by molar-refractivity contribution is 6.13. The largest absolute Gasteiger partial charge is 0.402 e. The zero-order chi connectivity index (χ0) is 17.1. The van der Waals surface area contributed by atoms with Crippen LogP contribution in [0, 0.1) is 21.4 Å². The van der Waals surface area contributed by atoms with E-state index in [0.717, 1.165) is 0 Å². The van der Waals surface area contributed by atoms with Gasteiger partial charge in [0.25, 0.3) is 5.69 Å². The molecule has 116 valence electrons. The Kier molecular flexibility index (Phi) is 3.87. The Balaban J connectivity index is 1.96. The van der Waals surface area contributed by atoms with Crippen LogP contribution in [0.1, 0.15) is 16.7 Å². The third-order valence-electron chi connectivity index (χ3n) is 3.24. The van der Waals surface area contributed by atoms with E-state index in [9.17, 15) is 14.9 Å². The summed E-state index contributed by atoms with van der Waals surface area (Å²) < 4.78 is 5.08.